The van der Waals surface area contributed by atoms with Gasteiger partial charge in [-0.3, -0.25) is 4.72 Å². The number of thiol groups is 1. The Hall–Kier alpha value is -1.91. The van der Waals surface area contributed by atoms with Crippen LogP contribution in [0.5, 0.6) is 0 Å². The van der Waals surface area contributed by atoms with Crippen molar-refractivity contribution in [1.29, 1.82) is 0 Å². The maximum atomic E-state index is 13.2. The van der Waals surface area contributed by atoms with E-state index < -0.39 is 28.3 Å². The Morgan fingerprint density at radius 3 is 2.52 bits per heavy atom. The summed E-state index contributed by atoms with van der Waals surface area (Å²) in [6.07, 6.45) is -4.34. The lowest BCUT2D eigenvalue weighted by Gasteiger charge is -2.29. The molecule has 0 saturated heterocycles. The number of hydrogen-bond donors (Lipinski definition) is 4. The van der Waals surface area contributed by atoms with Gasteiger partial charge in [-0.15, -0.1) is 0 Å². The number of rotatable bonds is 4. The lowest BCUT2D eigenvalue weighted by atomic mass is 10.1. The summed E-state index contributed by atoms with van der Waals surface area (Å²) in [6, 6.07) is 11.6. The van der Waals surface area contributed by atoms with Crippen molar-refractivity contribution < 1.29 is 21.6 Å². The first-order chi connectivity index (χ1) is 11.8. The molecule has 1 aliphatic heterocycles. The van der Waals surface area contributed by atoms with Gasteiger partial charge >= 0.3 is 6.18 Å². The molecule has 2 aromatic rings. The van der Waals surface area contributed by atoms with Crippen LogP contribution in [0.2, 0.25) is 0 Å². The number of hydrogen-bond acceptors (Lipinski definition) is 5. The molecule has 3 N–H and O–H groups in total. The molecular weight excluding hydrogens is 375 g/mol. The third-order valence-corrected chi connectivity index (χ3v) is 4.94. The van der Waals surface area contributed by atoms with Crippen molar-refractivity contribution in [2.45, 2.75) is 23.7 Å². The molecule has 2 aromatic carbocycles. The lowest BCUT2D eigenvalue weighted by Crippen LogP contribution is -2.37. The van der Waals surface area contributed by atoms with Crippen molar-refractivity contribution in [2.75, 3.05) is 10.0 Å². The summed E-state index contributed by atoms with van der Waals surface area (Å²) in [6.45, 7) is 0. The zero-order valence-corrected chi connectivity index (χ0v) is 14.3. The van der Waals surface area contributed by atoms with Crippen LogP contribution in [-0.2, 0) is 23.5 Å². The Morgan fingerprint density at radius 1 is 1.16 bits per heavy atom. The SMILES string of the molecule is O=[SH](=O)Nc1cc2c(cc1C(F)(F)F)NC(Cc1ccccc1)NS2. The first-order valence-electron chi connectivity index (χ1n) is 7.22. The van der Waals surface area contributed by atoms with Crippen molar-refractivity contribution >= 4 is 34.2 Å². The zero-order valence-electron chi connectivity index (χ0n) is 12.6. The molecule has 0 radical (unpaired) electrons. The van der Waals surface area contributed by atoms with Gasteiger partial charge in [0, 0.05) is 11.3 Å². The molecular formula is C15H14F3N3O2S2. The van der Waals surface area contributed by atoms with E-state index in [0.717, 1.165) is 23.6 Å². The Labute approximate surface area is 148 Å². The van der Waals surface area contributed by atoms with Gasteiger partial charge in [0.1, 0.15) is 0 Å². The Morgan fingerprint density at radius 2 is 1.88 bits per heavy atom. The molecule has 1 heterocycles. The second kappa shape index (κ2) is 7.14. The topological polar surface area (TPSA) is 70.2 Å². The van der Waals surface area contributed by atoms with Crippen LogP contribution in [0.25, 0.3) is 0 Å². The zero-order chi connectivity index (χ0) is 18.0. The quantitative estimate of drug-likeness (QED) is 0.478. The van der Waals surface area contributed by atoms with E-state index in [0.29, 0.717) is 17.0 Å². The minimum atomic E-state index is -4.67. The summed E-state index contributed by atoms with van der Waals surface area (Å²) in [5.41, 5.74) is -0.170. The molecule has 5 nitrogen and oxygen atoms in total. The summed E-state index contributed by atoms with van der Waals surface area (Å²) < 4.78 is 66.2. The molecule has 0 aliphatic carbocycles. The Balaban J connectivity index is 1.88. The van der Waals surface area contributed by atoms with E-state index in [1.54, 1.807) is 0 Å². The van der Waals surface area contributed by atoms with Crippen LogP contribution in [-0.4, -0.2) is 14.6 Å². The van der Waals surface area contributed by atoms with E-state index >= 15 is 0 Å². The van der Waals surface area contributed by atoms with E-state index in [4.69, 9.17) is 0 Å². The summed E-state index contributed by atoms with van der Waals surface area (Å²) in [7, 11) is -3.20. The fraction of sp³-hybridized carbons (Fsp3) is 0.200. The van der Waals surface area contributed by atoms with Crippen molar-refractivity contribution in [3.63, 3.8) is 0 Å². The van der Waals surface area contributed by atoms with Gasteiger partial charge in [-0.05, 0) is 29.6 Å². The average Bonchev–Trinajstić information content (AvgIpc) is 2.54. The number of anilines is 2. The van der Waals surface area contributed by atoms with E-state index in [1.165, 1.54) is 6.07 Å². The van der Waals surface area contributed by atoms with E-state index in [2.05, 4.69) is 10.0 Å². The first kappa shape index (κ1) is 17.9. The molecule has 0 amide bonds. The summed E-state index contributed by atoms with van der Waals surface area (Å²) in [4.78, 5) is 0.483. The third kappa shape index (κ3) is 4.39. The van der Waals surface area contributed by atoms with Crippen LogP contribution in [0, 0.1) is 0 Å². The largest absolute Gasteiger partial charge is 0.418 e. The van der Waals surface area contributed by atoms with Gasteiger partial charge in [-0.1, -0.05) is 30.3 Å². The Bertz CT molecular complexity index is 834. The van der Waals surface area contributed by atoms with E-state index in [-0.39, 0.29) is 6.17 Å². The molecule has 1 aliphatic rings. The monoisotopic (exact) mass is 389 g/mol. The lowest BCUT2D eigenvalue weighted by molar-refractivity contribution is -0.136. The second-order valence-electron chi connectivity index (χ2n) is 5.37. The molecule has 1 atom stereocenters. The fourth-order valence-electron chi connectivity index (χ4n) is 2.50. The van der Waals surface area contributed by atoms with Crippen LogP contribution < -0.4 is 14.8 Å². The van der Waals surface area contributed by atoms with Crippen molar-refractivity contribution in [3.05, 3.63) is 53.6 Å². The summed E-state index contributed by atoms with van der Waals surface area (Å²) in [5, 5.41) is 3.03. The molecule has 0 fully saturated rings. The van der Waals surface area contributed by atoms with Crippen LogP contribution >= 0.6 is 11.9 Å². The fourth-order valence-corrected chi connectivity index (χ4v) is 3.69. The highest BCUT2D eigenvalue weighted by Gasteiger charge is 2.35. The number of benzene rings is 2. The number of fused-ring (bicyclic) bond motifs is 1. The predicted molar refractivity (Wildman–Crippen MR) is 91.9 cm³/mol. The average molecular weight is 389 g/mol. The number of nitrogens with one attached hydrogen (secondary N) is 3. The standard InChI is InChI=1S/C15H14F3N3O2S2/c16-15(17,18)10-7-12-13(8-11(10)21-25(22)23)24-20-14(19-12)6-9-4-2-1-3-5-9/h1-5,7-8,14,19-20,25H,6H2,(H,21,22,23). The van der Waals surface area contributed by atoms with Gasteiger partial charge in [-0.2, -0.15) is 13.2 Å². The van der Waals surface area contributed by atoms with Crippen LogP contribution in [0.4, 0.5) is 24.5 Å². The third-order valence-electron chi connectivity index (χ3n) is 3.56. The van der Waals surface area contributed by atoms with Gasteiger partial charge < -0.3 is 5.32 Å². The van der Waals surface area contributed by atoms with Crippen LogP contribution in [0.15, 0.2) is 47.4 Å². The van der Waals surface area contributed by atoms with Crippen molar-refractivity contribution in [2.24, 2.45) is 0 Å². The number of halogens is 3. The number of alkyl halides is 3. The maximum Gasteiger partial charge on any atom is 0.418 e. The van der Waals surface area contributed by atoms with Gasteiger partial charge in [0.05, 0.1) is 23.1 Å². The predicted octanol–water partition coefficient (Wildman–Crippen LogP) is 3.23. The molecule has 1 unspecified atom stereocenters. The molecule has 0 bridgehead atoms. The molecule has 0 aromatic heterocycles. The summed E-state index contributed by atoms with van der Waals surface area (Å²) >= 11 is 1.16. The molecule has 10 heteroatoms. The summed E-state index contributed by atoms with van der Waals surface area (Å²) in [5.74, 6) is 0. The maximum absolute atomic E-state index is 13.2. The van der Waals surface area contributed by atoms with Gasteiger partial charge in [-0.25, -0.2) is 13.1 Å². The molecule has 3 rings (SSSR count). The van der Waals surface area contributed by atoms with Crippen LogP contribution in [0.1, 0.15) is 11.1 Å². The first-order valence-corrected chi connectivity index (χ1v) is 9.21. The second-order valence-corrected chi connectivity index (χ2v) is 6.98. The van der Waals surface area contributed by atoms with Gasteiger partial charge in [0.2, 0.25) is 10.9 Å². The highest BCUT2D eigenvalue weighted by Crippen LogP contribution is 2.42. The minimum Gasteiger partial charge on any atom is -0.368 e. The van der Waals surface area contributed by atoms with E-state index in [1.807, 2.05) is 35.1 Å². The highest BCUT2D eigenvalue weighted by molar-refractivity contribution is 7.97. The normalized spacial score (nSPS) is 17.0. The minimum absolute atomic E-state index is 0.254. The van der Waals surface area contributed by atoms with Gasteiger partial charge in [0.15, 0.2) is 0 Å². The molecule has 0 spiro atoms. The smallest absolute Gasteiger partial charge is 0.368 e. The Kier molecular flexibility index (Phi) is 5.11. The van der Waals surface area contributed by atoms with E-state index in [9.17, 15) is 21.6 Å². The van der Waals surface area contributed by atoms with Crippen molar-refractivity contribution in [3.8, 4) is 0 Å². The van der Waals surface area contributed by atoms with Gasteiger partial charge in [0.25, 0.3) is 0 Å². The van der Waals surface area contributed by atoms with Crippen molar-refractivity contribution in [1.82, 2.24) is 4.72 Å². The molecule has 134 valence electrons. The molecule has 0 saturated carbocycles. The van der Waals surface area contributed by atoms with Crippen LogP contribution in [0.3, 0.4) is 0 Å². The molecule has 25 heavy (non-hydrogen) atoms. The highest BCUT2D eigenvalue weighted by atomic mass is 32.2.